The fourth-order valence-corrected chi connectivity index (χ4v) is 7.79. The van der Waals surface area contributed by atoms with E-state index in [0.717, 1.165) is 16.9 Å². The highest BCUT2D eigenvalue weighted by Crippen LogP contribution is 2.58. The molecule has 258 valence electrons. The number of imidazole rings is 1. The van der Waals surface area contributed by atoms with E-state index < -0.39 is 40.9 Å². The van der Waals surface area contributed by atoms with Crippen molar-refractivity contribution in [3.8, 4) is 0 Å². The number of amides is 2. The minimum absolute atomic E-state index is 0.0157. The highest BCUT2D eigenvalue weighted by Gasteiger charge is 2.54. The second-order valence-corrected chi connectivity index (χ2v) is 13.6. The van der Waals surface area contributed by atoms with Gasteiger partial charge in [0, 0.05) is 37.0 Å². The van der Waals surface area contributed by atoms with Crippen LogP contribution in [0.15, 0.2) is 43.4 Å². The molecule has 1 saturated heterocycles. The summed E-state index contributed by atoms with van der Waals surface area (Å²) in [4.78, 5) is 31.2. The Morgan fingerprint density at radius 2 is 1.94 bits per heavy atom. The Morgan fingerprint density at radius 1 is 1.23 bits per heavy atom. The number of carbonyl (C=O) groups is 2. The van der Waals surface area contributed by atoms with Crippen molar-refractivity contribution in [3.63, 3.8) is 0 Å². The van der Waals surface area contributed by atoms with Gasteiger partial charge in [-0.15, -0.1) is 0 Å². The van der Waals surface area contributed by atoms with Crippen molar-refractivity contribution in [1.82, 2.24) is 24.2 Å². The van der Waals surface area contributed by atoms with Crippen molar-refractivity contribution >= 4 is 29.3 Å². The third-order valence-electron chi connectivity index (χ3n) is 9.69. The molecule has 2 amide bonds. The van der Waals surface area contributed by atoms with Gasteiger partial charge in [0.05, 0.1) is 35.7 Å². The molecule has 3 unspecified atom stereocenters. The summed E-state index contributed by atoms with van der Waals surface area (Å²) in [5, 5.41) is 29.2. The number of hydrogen-bond acceptors (Lipinski definition) is 7. The first-order chi connectivity index (χ1) is 22.6. The van der Waals surface area contributed by atoms with Crippen LogP contribution < -0.4 is 5.32 Å². The van der Waals surface area contributed by atoms with Crippen LogP contribution in [0.1, 0.15) is 65.5 Å². The van der Waals surface area contributed by atoms with Gasteiger partial charge in [-0.2, -0.15) is 18.3 Å². The maximum atomic E-state index is 14.3. The number of nitrogens with zero attached hydrogens (tertiary/aromatic N) is 5. The fraction of sp³-hybridized carbons (Fsp3) is 0.500. The molecular formula is C32H35ClF4N6O5. The Bertz CT molecular complexity index is 1730. The molecule has 3 heterocycles. The molecular weight excluding hydrogens is 660 g/mol. The van der Waals surface area contributed by atoms with E-state index in [2.05, 4.69) is 22.0 Å². The van der Waals surface area contributed by atoms with E-state index >= 15 is 0 Å². The molecule has 3 N–H and O–H groups in total. The molecule has 3 fully saturated rings. The third kappa shape index (κ3) is 6.54. The van der Waals surface area contributed by atoms with E-state index in [4.69, 9.17) is 16.3 Å². The van der Waals surface area contributed by atoms with Crippen molar-refractivity contribution in [1.29, 1.82) is 0 Å². The Balaban J connectivity index is 1.16. The van der Waals surface area contributed by atoms with E-state index in [1.807, 2.05) is 0 Å². The predicted octanol–water partition coefficient (Wildman–Crippen LogP) is 5.23. The molecule has 11 nitrogen and oxygen atoms in total. The zero-order valence-electron chi connectivity index (χ0n) is 26.0. The molecule has 6 rings (SSSR count). The van der Waals surface area contributed by atoms with Gasteiger partial charge in [-0.3, -0.25) is 9.48 Å². The van der Waals surface area contributed by atoms with E-state index in [9.17, 15) is 37.4 Å². The standard InChI is InChI=1S/C32H35ClF4N6O5/c1-3-8-48-29(45)42-7-6-30(46,15-42)16-43-14-22(27(40-43)32(35,36)37)31(47)12-19-9-18(10-20(19)13-31)25-26(41(2)17-38-25)28(44)39-21-4-5-24(34)23(33)11-21/h3-5,11,14,17-20,46-47H,1,6-10,12-13,15-16H2,2H3,(H,39,44). The summed E-state index contributed by atoms with van der Waals surface area (Å²) in [5.41, 5.74) is -3.77. The number of benzene rings is 1. The van der Waals surface area contributed by atoms with Crippen molar-refractivity contribution < 1.29 is 42.1 Å². The number of aromatic nitrogens is 4. The Morgan fingerprint density at radius 3 is 2.58 bits per heavy atom. The van der Waals surface area contributed by atoms with Gasteiger partial charge >= 0.3 is 12.3 Å². The quantitative estimate of drug-likeness (QED) is 0.217. The summed E-state index contributed by atoms with van der Waals surface area (Å²) in [6.07, 6.45) is -0.247. The second-order valence-electron chi connectivity index (χ2n) is 13.1. The van der Waals surface area contributed by atoms with Crippen molar-refractivity contribution in [2.45, 2.75) is 61.9 Å². The van der Waals surface area contributed by atoms with Crippen molar-refractivity contribution in [2.24, 2.45) is 18.9 Å². The molecule has 3 atom stereocenters. The van der Waals surface area contributed by atoms with E-state index in [1.165, 1.54) is 29.4 Å². The van der Waals surface area contributed by atoms with Gasteiger partial charge in [0.2, 0.25) is 0 Å². The number of aliphatic hydroxyl groups is 2. The maximum Gasteiger partial charge on any atom is 0.435 e. The van der Waals surface area contributed by atoms with Crippen LogP contribution in [0.25, 0.3) is 0 Å². The normalized spacial score (nSPS) is 26.9. The summed E-state index contributed by atoms with van der Waals surface area (Å²) < 4.78 is 64.0. The molecule has 0 radical (unpaired) electrons. The molecule has 2 saturated carbocycles. The number of ether oxygens (including phenoxy) is 1. The predicted molar refractivity (Wildman–Crippen MR) is 165 cm³/mol. The first kappa shape index (κ1) is 33.9. The third-order valence-corrected chi connectivity index (χ3v) is 9.98. The second kappa shape index (κ2) is 12.5. The first-order valence-electron chi connectivity index (χ1n) is 15.5. The average Bonchev–Trinajstić information content (AvgIpc) is 3.82. The summed E-state index contributed by atoms with van der Waals surface area (Å²) >= 11 is 5.86. The van der Waals surface area contributed by atoms with Gasteiger partial charge in [0.15, 0.2) is 5.69 Å². The number of anilines is 1. The molecule has 0 spiro atoms. The zero-order chi connectivity index (χ0) is 34.6. The van der Waals surface area contributed by atoms with Crippen LogP contribution >= 0.6 is 11.6 Å². The molecule has 16 heteroatoms. The van der Waals surface area contributed by atoms with E-state index in [1.54, 1.807) is 11.6 Å². The summed E-state index contributed by atoms with van der Waals surface area (Å²) in [5.74, 6) is -1.56. The van der Waals surface area contributed by atoms with Crippen LogP contribution in [-0.2, 0) is 30.1 Å². The smallest absolute Gasteiger partial charge is 0.435 e. The molecule has 1 aliphatic heterocycles. The number of rotatable bonds is 8. The molecule has 48 heavy (non-hydrogen) atoms. The highest BCUT2D eigenvalue weighted by atomic mass is 35.5. The number of likely N-dealkylation sites (tertiary alicyclic amines) is 1. The van der Waals surface area contributed by atoms with Gasteiger partial charge < -0.3 is 29.7 Å². The lowest BCUT2D eigenvalue weighted by Crippen LogP contribution is -2.39. The molecule has 2 aromatic heterocycles. The lowest BCUT2D eigenvalue weighted by molar-refractivity contribution is -0.144. The van der Waals surface area contributed by atoms with Crippen LogP contribution in [0.4, 0.5) is 28.0 Å². The van der Waals surface area contributed by atoms with Gasteiger partial charge in [-0.1, -0.05) is 24.3 Å². The first-order valence-corrected chi connectivity index (χ1v) is 15.9. The van der Waals surface area contributed by atoms with Crippen LogP contribution in [-0.4, -0.2) is 71.7 Å². The van der Waals surface area contributed by atoms with Crippen LogP contribution in [0, 0.1) is 17.7 Å². The highest BCUT2D eigenvalue weighted by molar-refractivity contribution is 6.31. The Kier molecular flexibility index (Phi) is 8.83. The minimum Gasteiger partial charge on any atom is -0.445 e. The number of halogens is 5. The molecule has 2 aliphatic carbocycles. The average molecular weight is 695 g/mol. The van der Waals surface area contributed by atoms with Crippen LogP contribution in [0.2, 0.25) is 5.02 Å². The Labute approximate surface area is 278 Å². The number of nitrogens with one attached hydrogen (secondary N) is 1. The molecule has 3 aromatic rings. The van der Waals surface area contributed by atoms with Crippen molar-refractivity contribution in [3.05, 3.63) is 76.9 Å². The molecule has 0 bridgehead atoms. The van der Waals surface area contributed by atoms with E-state index in [0.29, 0.717) is 29.9 Å². The van der Waals surface area contributed by atoms with Crippen LogP contribution in [0.3, 0.4) is 0 Å². The zero-order valence-corrected chi connectivity index (χ0v) is 26.8. The van der Waals surface area contributed by atoms with Crippen LogP contribution in [0.5, 0.6) is 0 Å². The number of carbonyl (C=O) groups excluding carboxylic acids is 2. The summed E-state index contributed by atoms with van der Waals surface area (Å²) in [6, 6.07) is 3.83. The fourth-order valence-electron chi connectivity index (χ4n) is 7.61. The summed E-state index contributed by atoms with van der Waals surface area (Å²) in [7, 11) is 1.67. The number of fused-ring (bicyclic) bond motifs is 1. The monoisotopic (exact) mass is 694 g/mol. The number of hydrogen-bond donors (Lipinski definition) is 3. The van der Waals surface area contributed by atoms with Gasteiger partial charge in [-0.25, -0.2) is 14.2 Å². The Hall–Kier alpha value is -3.95. The summed E-state index contributed by atoms with van der Waals surface area (Å²) in [6.45, 7) is 3.14. The van der Waals surface area contributed by atoms with Crippen molar-refractivity contribution in [2.75, 3.05) is 25.0 Å². The lowest BCUT2D eigenvalue weighted by Gasteiger charge is -2.25. The SMILES string of the molecule is C=CCOC(=O)N1CCC(O)(Cn2cc(C3(O)CC4CC(c5ncn(C)c5C(=O)Nc5ccc(F)c(Cl)c5)CC4C3)c(C(F)(F)F)n2)C1. The number of alkyl halides is 3. The largest absolute Gasteiger partial charge is 0.445 e. The number of β-amino-alcohol motifs (C(OH)–C–C–N with tert-alkyl or cyclic N) is 1. The molecule has 3 aliphatic rings. The van der Waals surface area contributed by atoms with Gasteiger partial charge in [0.1, 0.15) is 23.7 Å². The van der Waals surface area contributed by atoms with E-state index in [-0.39, 0.29) is 73.8 Å². The van der Waals surface area contributed by atoms with Gasteiger partial charge in [-0.05, 0) is 62.1 Å². The topological polar surface area (TPSA) is 135 Å². The number of aryl methyl sites for hydroxylation is 1. The minimum atomic E-state index is -4.86. The lowest BCUT2D eigenvalue weighted by atomic mass is 9.87. The maximum absolute atomic E-state index is 14.3. The van der Waals surface area contributed by atoms with Gasteiger partial charge in [0.25, 0.3) is 5.91 Å². The molecule has 1 aromatic carbocycles.